The monoisotopic (exact) mass is 431 g/mol. The number of nitro groups is 1. The van der Waals surface area contributed by atoms with Gasteiger partial charge in [-0.2, -0.15) is 0 Å². The van der Waals surface area contributed by atoms with Gasteiger partial charge in [0.05, 0.1) is 18.2 Å². The van der Waals surface area contributed by atoms with Crippen LogP contribution < -0.4 is 26.4 Å². The van der Waals surface area contributed by atoms with E-state index in [4.69, 9.17) is 10.5 Å². The van der Waals surface area contributed by atoms with Crippen molar-refractivity contribution in [2.75, 3.05) is 7.11 Å². The summed E-state index contributed by atoms with van der Waals surface area (Å²) >= 11 is 1.37. The number of nitrogens with zero attached hydrogens (tertiary/aromatic N) is 1. The van der Waals surface area contributed by atoms with Gasteiger partial charge in [0.15, 0.2) is 0 Å². The molecule has 11 heteroatoms. The summed E-state index contributed by atoms with van der Waals surface area (Å²) in [5, 5.41) is 19.1. The van der Waals surface area contributed by atoms with Crippen molar-refractivity contribution in [1.82, 2.24) is 16.0 Å². The van der Waals surface area contributed by atoms with Crippen LogP contribution in [0, 0.1) is 10.1 Å². The molecule has 2 aromatic carbocycles. The van der Waals surface area contributed by atoms with Crippen molar-refractivity contribution in [2.45, 2.75) is 23.5 Å². The van der Waals surface area contributed by atoms with E-state index >= 15 is 0 Å². The molecule has 2 aromatic rings. The number of carbonyl (C=O) groups excluding carboxylic acids is 2. The van der Waals surface area contributed by atoms with Crippen LogP contribution in [0.25, 0.3) is 0 Å². The minimum atomic E-state index is -0.934. The van der Waals surface area contributed by atoms with Crippen LogP contribution in [0.1, 0.15) is 15.9 Å². The summed E-state index contributed by atoms with van der Waals surface area (Å²) in [7, 11) is 1.53. The van der Waals surface area contributed by atoms with Crippen LogP contribution in [0.3, 0.4) is 0 Å². The Morgan fingerprint density at radius 2 is 1.90 bits per heavy atom. The zero-order chi connectivity index (χ0) is 21.7. The van der Waals surface area contributed by atoms with Crippen LogP contribution in [-0.4, -0.2) is 41.6 Å². The highest BCUT2D eigenvalue weighted by atomic mass is 32.2. The third kappa shape index (κ3) is 5.26. The summed E-state index contributed by atoms with van der Waals surface area (Å²) in [5.41, 5.74) is 6.86. The van der Waals surface area contributed by atoms with Crippen LogP contribution in [0.2, 0.25) is 0 Å². The highest BCUT2D eigenvalue weighted by molar-refractivity contribution is 7.99. The van der Waals surface area contributed by atoms with Gasteiger partial charge in [-0.15, -0.1) is 11.8 Å². The zero-order valence-electron chi connectivity index (χ0n) is 16.0. The van der Waals surface area contributed by atoms with E-state index in [0.29, 0.717) is 17.1 Å². The third-order valence-corrected chi connectivity index (χ3v) is 5.55. The van der Waals surface area contributed by atoms with E-state index in [2.05, 4.69) is 16.0 Å². The number of carbonyl (C=O) groups is 2. The lowest BCUT2D eigenvalue weighted by Crippen LogP contribution is -2.70. The number of methoxy groups -OCH3 is 1. The lowest BCUT2D eigenvalue weighted by molar-refractivity contribution is -0.384. The number of rotatable bonds is 7. The van der Waals surface area contributed by atoms with E-state index in [-0.39, 0.29) is 5.69 Å². The van der Waals surface area contributed by atoms with Crippen LogP contribution in [0.4, 0.5) is 5.69 Å². The Morgan fingerprint density at radius 1 is 1.23 bits per heavy atom. The largest absolute Gasteiger partial charge is 0.497 e. The van der Waals surface area contributed by atoms with Gasteiger partial charge in [-0.3, -0.25) is 25.0 Å². The van der Waals surface area contributed by atoms with Gasteiger partial charge in [-0.1, -0.05) is 12.1 Å². The molecular weight excluding hydrogens is 410 g/mol. The van der Waals surface area contributed by atoms with E-state index in [0.717, 1.165) is 5.56 Å². The van der Waals surface area contributed by atoms with Crippen molar-refractivity contribution in [3.05, 3.63) is 69.8 Å². The normalized spacial score (nSPS) is 20.9. The summed E-state index contributed by atoms with van der Waals surface area (Å²) in [4.78, 5) is 35.1. The maximum Gasteiger partial charge on any atom is 0.269 e. The van der Waals surface area contributed by atoms with E-state index in [1.54, 1.807) is 36.4 Å². The molecule has 3 rings (SSSR count). The Balaban J connectivity index is 1.53. The Kier molecular flexibility index (Phi) is 6.87. The third-order valence-electron chi connectivity index (χ3n) is 4.46. The second-order valence-electron chi connectivity index (χ2n) is 6.50. The number of hydrogen-bond acceptors (Lipinski definition) is 8. The van der Waals surface area contributed by atoms with E-state index in [9.17, 15) is 19.7 Å². The highest BCUT2D eigenvalue weighted by Crippen LogP contribution is 2.20. The van der Waals surface area contributed by atoms with Crippen molar-refractivity contribution in [3.63, 3.8) is 0 Å². The number of thioether (sulfide) groups is 1. The van der Waals surface area contributed by atoms with Crippen molar-refractivity contribution in [1.29, 1.82) is 0 Å². The van der Waals surface area contributed by atoms with Gasteiger partial charge in [0.1, 0.15) is 17.3 Å². The maximum absolute atomic E-state index is 12.5. The van der Waals surface area contributed by atoms with Crippen LogP contribution >= 0.6 is 11.8 Å². The minimum Gasteiger partial charge on any atom is -0.497 e. The molecule has 3 atom stereocenters. The first-order valence-electron chi connectivity index (χ1n) is 8.99. The fraction of sp³-hybridized carbons (Fsp3) is 0.263. The van der Waals surface area contributed by atoms with E-state index < -0.39 is 34.4 Å². The number of non-ortho nitro benzene ring substituents is 1. The zero-order valence-corrected chi connectivity index (χ0v) is 16.8. The van der Waals surface area contributed by atoms with Crippen LogP contribution in [-0.2, 0) is 10.5 Å². The average molecular weight is 431 g/mol. The molecule has 0 aromatic heterocycles. The van der Waals surface area contributed by atoms with Gasteiger partial charge in [0.25, 0.3) is 11.6 Å². The number of amides is 2. The predicted octanol–water partition coefficient (Wildman–Crippen LogP) is 0.923. The van der Waals surface area contributed by atoms with Gasteiger partial charge in [-0.25, -0.2) is 0 Å². The average Bonchev–Trinajstić information content (AvgIpc) is 2.75. The first kappa shape index (κ1) is 21.6. The van der Waals surface area contributed by atoms with Crippen LogP contribution in [0.5, 0.6) is 5.75 Å². The lowest BCUT2D eigenvalue weighted by Gasteiger charge is -2.35. The molecule has 158 valence electrons. The molecular formula is C19H21N5O5S. The van der Waals surface area contributed by atoms with E-state index in [1.165, 1.54) is 31.0 Å². The smallest absolute Gasteiger partial charge is 0.269 e. The quantitative estimate of drug-likeness (QED) is 0.374. The molecule has 5 N–H and O–H groups in total. The molecule has 1 aliphatic rings. The first-order chi connectivity index (χ1) is 14.4. The molecule has 0 radical (unpaired) electrons. The van der Waals surface area contributed by atoms with Crippen molar-refractivity contribution in [2.24, 2.45) is 5.73 Å². The molecule has 1 heterocycles. The molecule has 30 heavy (non-hydrogen) atoms. The highest BCUT2D eigenvalue weighted by Gasteiger charge is 2.35. The van der Waals surface area contributed by atoms with Gasteiger partial charge in [0.2, 0.25) is 5.91 Å². The van der Waals surface area contributed by atoms with Crippen molar-refractivity contribution in [3.8, 4) is 5.75 Å². The van der Waals surface area contributed by atoms with Crippen molar-refractivity contribution < 1.29 is 19.2 Å². The van der Waals surface area contributed by atoms with Gasteiger partial charge >= 0.3 is 0 Å². The summed E-state index contributed by atoms with van der Waals surface area (Å²) in [6.07, 6.45) is -0.782. The lowest BCUT2D eigenvalue weighted by atomic mass is 10.1. The summed E-state index contributed by atoms with van der Waals surface area (Å²) in [5.74, 6) is 0.301. The summed E-state index contributed by atoms with van der Waals surface area (Å²) in [6.45, 7) is 0. The Labute approximate surface area is 176 Å². The maximum atomic E-state index is 12.5. The second kappa shape index (κ2) is 9.57. The Morgan fingerprint density at radius 3 is 2.47 bits per heavy atom. The van der Waals surface area contributed by atoms with Gasteiger partial charge < -0.3 is 21.1 Å². The molecule has 3 unspecified atom stereocenters. The summed E-state index contributed by atoms with van der Waals surface area (Å²) in [6, 6.07) is 11.7. The topological polar surface area (TPSA) is 149 Å². The van der Waals surface area contributed by atoms with Gasteiger partial charge in [-0.05, 0) is 29.8 Å². The molecule has 0 bridgehead atoms. The van der Waals surface area contributed by atoms with Crippen LogP contribution in [0.15, 0.2) is 48.5 Å². The van der Waals surface area contributed by atoms with Crippen molar-refractivity contribution >= 4 is 29.3 Å². The molecule has 0 spiro atoms. The number of nitrogens with one attached hydrogen (secondary N) is 3. The number of benzene rings is 2. The Hall–Kier alpha value is -3.15. The van der Waals surface area contributed by atoms with Gasteiger partial charge in [0, 0.05) is 23.4 Å². The molecule has 1 aliphatic heterocycles. The number of nitrogens with two attached hydrogens (primary N) is 1. The molecule has 0 saturated carbocycles. The Bertz CT molecular complexity index is 922. The second-order valence-corrected chi connectivity index (χ2v) is 7.59. The molecule has 2 amide bonds. The number of ether oxygens (including phenoxy) is 1. The molecule has 1 saturated heterocycles. The molecule has 0 aliphatic carbocycles. The predicted molar refractivity (Wildman–Crippen MR) is 112 cm³/mol. The molecule has 10 nitrogen and oxygen atoms in total. The molecule has 1 fully saturated rings. The SMILES string of the molecule is COc1ccc(C(=O)NC2C(=O)NC(SCc3ccc([N+](=O)[O-])cc3)NC2N)cc1. The number of nitro benzene ring substituents is 1. The summed E-state index contributed by atoms with van der Waals surface area (Å²) < 4.78 is 5.06. The fourth-order valence-electron chi connectivity index (χ4n) is 2.80. The van der Waals surface area contributed by atoms with E-state index in [1.807, 2.05) is 0 Å². The first-order valence-corrected chi connectivity index (χ1v) is 10.0. The fourth-order valence-corrected chi connectivity index (χ4v) is 3.80. The minimum absolute atomic E-state index is 0.0188. The standard InChI is InChI=1S/C19H21N5O5S/c1-29-14-8-4-12(5-9-14)17(25)21-15-16(20)22-19(23-18(15)26)30-10-11-2-6-13(7-3-11)24(27)28/h2-9,15-16,19,22H,10,20H2,1H3,(H,21,25)(H,23,26). The number of hydrogen-bond donors (Lipinski definition) is 4.